The molecule has 0 radical (unpaired) electrons. The molecule has 1 aliphatic heterocycles. The van der Waals surface area contributed by atoms with Crippen LogP contribution in [0.15, 0.2) is 18.2 Å². The van der Waals surface area contributed by atoms with Gasteiger partial charge in [-0.05, 0) is 30.7 Å². The maximum atomic E-state index is 12.0. The van der Waals surface area contributed by atoms with Crippen molar-refractivity contribution in [3.63, 3.8) is 0 Å². The molecule has 1 aliphatic rings. The second kappa shape index (κ2) is 7.19. The van der Waals surface area contributed by atoms with Crippen molar-refractivity contribution in [1.82, 2.24) is 5.32 Å². The Balaban J connectivity index is 1.91. The third-order valence-electron chi connectivity index (χ3n) is 3.24. The number of carbonyl (C=O) groups is 2. The van der Waals surface area contributed by atoms with Crippen LogP contribution in [0.3, 0.4) is 0 Å². The van der Waals surface area contributed by atoms with E-state index in [1.165, 1.54) is 6.92 Å². The molecule has 114 valence electrons. The number of hydrogen-bond donors (Lipinski definition) is 3. The molecule has 0 spiro atoms. The van der Waals surface area contributed by atoms with Crippen molar-refractivity contribution < 1.29 is 14.3 Å². The van der Waals surface area contributed by atoms with E-state index in [1.54, 1.807) is 12.1 Å². The van der Waals surface area contributed by atoms with Crippen LogP contribution in [0.2, 0.25) is 0 Å². The van der Waals surface area contributed by atoms with Gasteiger partial charge in [0.25, 0.3) is 0 Å². The van der Waals surface area contributed by atoms with E-state index in [-0.39, 0.29) is 17.9 Å². The molecule has 3 N–H and O–H groups in total. The van der Waals surface area contributed by atoms with Crippen LogP contribution < -0.4 is 16.0 Å². The predicted octanol–water partition coefficient (Wildman–Crippen LogP) is 1.27. The van der Waals surface area contributed by atoms with Gasteiger partial charge in [0, 0.05) is 31.4 Å². The van der Waals surface area contributed by atoms with Crippen LogP contribution in [-0.2, 0) is 14.3 Å². The van der Waals surface area contributed by atoms with Gasteiger partial charge in [0.15, 0.2) is 0 Å². The zero-order valence-electron chi connectivity index (χ0n) is 12.4. The standard InChI is InChI=1S/C15H21N3O3/c1-10-7-12(3-4-14(10)17-11(2)19)18-15(20)8-13-9-16-5-6-21-13/h3-4,7,13,16H,5-6,8-9H2,1-2H3,(H,17,19)(H,18,20). The number of amides is 2. The summed E-state index contributed by atoms with van der Waals surface area (Å²) < 4.78 is 5.50. The van der Waals surface area contributed by atoms with E-state index < -0.39 is 0 Å². The quantitative estimate of drug-likeness (QED) is 0.780. The summed E-state index contributed by atoms with van der Waals surface area (Å²) >= 11 is 0. The third-order valence-corrected chi connectivity index (χ3v) is 3.24. The van der Waals surface area contributed by atoms with Crippen LogP contribution in [0.1, 0.15) is 18.9 Å². The smallest absolute Gasteiger partial charge is 0.227 e. The largest absolute Gasteiger partial charge is 0.375 e. The zero-order chi connectivity index (χ0) is 15.2. The Bertz CT molecular complexity index is 525. The van der Waals surface area contributed by atoms with E-state index >= 15 is 0 Å². The molecule has 0 bridgehead atoms. The Labute approximate surface area is 124 Å². The fraction of sp³-hybridized carbons (Fsp3) is 0.467. The highest BCUT2D eigenvalue weighted by molar-refractivity contribution is 5.93. The molecule has 21 heavy (non-hydrogen) atoms. The Morgan fingerprint density at radius 1 is 1.38 bits per heavy atom. The average molecular weight is 291 g/mol. The normalized spacial score (nSPS) is 18.1. The number of aryl methyl sites for hydroxylation is 1. The molecular weight excluding hydrogens is 270 g/mol. The van der Waals surface area contributed by atoms with Crippen molar-refractivity contribution in [2.45, 2.75) is 26.4 Å². The number of carbonyl (C=O) groups excluding carboxylic acids is 2. The molecule has 1 aromatic carbocycles. The lowest BCUT2D eigenvalue weighted by atomic mass is 10.1. The molecule has 1 unspecified atom stereocenters. The molecule has 1 aromatic rings. The van der Waals surface area contributed by atoms with Gasteiger partial charge < -0.3 is 20.7 Å². The molecule has 6 heteroatoms. The Kier molecular flexibility index (Phi) is 5.30. The highest BCUT2D eigenvalue weighted by Gasteiger charge is 2.17. The first-order chi connectivity index (χ1) is 10.0. The van der Waals surface area contributed by atoms with Crippen LogP contribution in [0.4, 0.5) is 11.4 Å². The molecule has 0 saturated carbocycles. The summed E-state index contributed by atoms with van der Waals surface area (Å²) in [6.45, 7) is 5.53. The summed E-state index contributed by atoms with van der Waals surface area (Å²) in [5, 5.41) is 8.78. The number of nitrogens with one attached hydrogen (secondary N) is 3. The van der Waals surface area contributed by atoms with E-state index in [1.807, 2.05) is 13.0 Å². The van der Waals surface area contributed by atoms with E-state index in [0.717, 1.165) is 23.5 Å². The van der Waals surface area contributed by atoms with E-state index in [9.17, 15) is 9.59 Å². The predicted molar refractivity (Wildman–Crippen MR) is 81.3 cm³/mol. The maximum absolute atomic E-state index is 12.0. The molecule has 1 atom stereocenters. The van der Waals surface area contributed by atoms with E-state index in [2.05, 4.69) is 16.0 Å². The number of morpholine rings is 1. The minimum Gasteiger partial charge on any atom is -0.375 e. The summed E-state index contributed by atoms with van der Waals surface area (Å²) in [5.41, 5.74) is 2.37. The Morgan fingerprint density at radius 3 is 2.81 bits per heavy atom. The van der Waals surface area contributed by atoms with Crippen LogP contribution in [0.5, 0.6) is 0 Å². The van der Waals surface area contributed by atoms with Gasteiger partial charge in [-0.25, -0.2) is 0 Å². The monoisotopic (exact) mass is 291 g/mol. The first kappa shape index (κ1) is 15.5. The summed E-state index contributed by atoms with van der Waals surface area (Å²) in [7, 11) is 0. The van der Waals surface area contributed by atoms with Crippen LogP contribution >= 0.6 is 0 Å². The molecular formula is C15H21N3O3. The van der Waals surface area contributed by atoms with Crippen molar-refractivity contribution >= 4 is 23.2 Å². The molecule has 1 heterocycles. The van der Waals surface area contributed by atoms with E-state index in [4.69, 9.17) is 4.74 Å². The van der Waals surface area contributed by atoms with Crippen molar-refractivity contribution in [3.8, 4) is 0 Å². The van der Waals surface area contributed by atoms with Crippen LogP contribution in [0, 0.1) is 6.92 Å². The number of ether oxygens (including phenoxy) is 1. The second-order valence-electron chi connectivity index (χ2n) is 5.16. The van der Waals surface area contributed by atoms with Gasteiger partial charge >= 0.3 is 0 Å². The molecule has 0 aliphatic carbocycles. The Morgan fingerprint density at radius 2 is 2.19 bits per heavy atom. The van der Waals surface area contributed by atoms with Gasteiger partial charge in [-0.2, -0.15) is 0 Å². The topological polar surface area (TPSA) is 79.5 Å². The number of rotatable bonds is 4. The average Bonchev–Trinajstić information content (AvgIpc) is 2.42. The highest BCUT2D eigenvalue weighted by Crippen LogP contribution is 2.20. The highest BCUT2D eigenvalue weighted by atomic mass is 16.5. The lowest BCUT2D eigenvalue weighted by Crippen LogP contribution is -2.40. The second-order valence-corrected chi connectivity index (χ2v) is 5.16. The molecule has 6 nitrogen and oxygen atoms in total. The number of hydrogen-bond acceptors (Lipinski definition) is 4. The summed E-state index contributed by atoms with van der Waals surface area (Å²) in [6, 6.07) is 5.39. The Hall–Kier alpha value is -1.92. The van der Waals surface area contributed by atoms with Gasteiger partial charge in [0.05, 0.1) is 19.1 Å². The van der Waals surface area contributed by atoms with Crippen LogP contribution in [0.25, 0.3) is 0 Å². The van der Waals surface area contributed by atoms with Gasteiger partial charge in [-0.15, -0.1) is 0 Å². The zero-order valence-corrected chi connectivity index (χ0v) is 12.4. The lowest BCUT2D eigenvalue weighted by Gasteiger charge is -2.23. The number of anilines is 2. The minimum absolute atomic E-state index is 0.0708. The van der Waals surface area contributed by atoms with Gasteiger partial charge in [-0.1, -0.05) is 0 Å². The summed E-state index contributed by atoms with van der Waals surface area (Å²) in [6.07, 6.45) is 0.262. The minimum atomic E-state index is -0.114. The fourth-order valence-corrected chi connectivity index (χ4v) is 2.24. The van der Waals surface area contributed by atoms with Crippen molar-refractivity contribution in [3.05, 3.63) is 23.8 Å². The molecule has 2 rings (SSSR count). The fourth-order valence-electron chi connectivity index (χ4n) is 2.24. The third kappa shape index (κ3) is 4.84. The summed E-state index contributed by atoms with van der Waals surface area (Å²) in [4.78, 5) is 23.0. The molecule has 1 saturated heterocycles. The SMILES string of the molecule is CC(=O)Nc1ccc(NC(=O)CC2CNCCO2)cc1C. The van der Waals surface area contributed by atoms with Crippen molar-refractivity contribution in [2.24, 2.45) is 0 Å². The maximum Gasteiger partial charge on any atom is 0.227 e. The first-order valence-corrected chi connectivity index (χ1v) is 7.05. The van der Waals surface area contributed by atoms with Crippen molar-refractivity contribution in [1.29, 1.82) is 0 Å². The molecule has 1 fully saturated rings. The number of benzene rings is 1. The van der Waals surface area contributed by atoms with Gasteiger partial charge in [0.1, 0.15) is 0 Å². The van der Waals surface area contributed by atoms with E-state index in [0.29, 0.717) is 19.6 Å². The molecule has 2 amide bonds. The van der Waals surface area contributed by atoms with Gasteiger partial charge in [-0.3, -0.25) is 9.59 Å². The van der Waals surface area contributed by atoms with Gasteiger partial charge in [0.2, 0.25) is 11.8 Å². The first-order valence-electron chi connectivity index (χ1n) is 7.05. The van der Waals surface area contributed by atoms with Crippen LogP contribution in [-0.4, -0.2) is 37.6 Å². The summed E-state index contributed by atoms with van der Waals surface area (Å²) in [5.74, 6) is -0.188. The lowest BCUT2D eigenvalue weighted by molar-refractivity contribution is -0.119. The van der Waals surface area contributed by atoms with Crippen molar-refractivity contribution in [2.75, 3.05) is 30.3 Å². The molecule has 0 aromatic heterocycles.